The number of hydrogen-bond donors (Lipinski definition) is 1. The van der Waals surface area contributed by atoms with Gasteiger partial charge in [0.05, 0.1) is 11.3 Å². The molecule has 1 amide bonds. The Labute approximate surface area is 172 Å². The van der Waals surface area contributed by atoms with Crippen LogP contribution in [-0.4, -0.2) is 17.7 Å². The van der Waals surface area contributed by atoms with Gasteiger partial charge in [-0.1, -0.05) is 23.4 Å². The van der Waals surface area contributed by atoms with E-state index in [9.17, 15) is 13.6 Å². The molecule has 0 saturated carbocycles. The van der Waals surface area contributed by atoms with Gasteiger partial charge in [0.2, 0.25) is 0 Å². The minimum absolute atomic E-state index is 0.0152. The van der Waals surface area contributed by atoms with Gasteiger partial charge in [0.25, 0.3) is 5.91 Å². The number of carbonyl (C=O) groups excluding carboxylic acids is 1. The van der Waals surface area contributed by atoms with Crippen LogP contribution in [0.1, 0.15) is 38.5 Å². The van der Waals surface area contributed by atoms with Crippen molar-refractivity contribution in [3.05, 3.63) is 70.1 Å². The van der Waals surface area contributed by atoms with Crippen LogP contribution >= 0.6 is 0 Å². The van der Waals surface area contributed by atoms with Crippen molar-refractivity contribution < 1.29 is 27.6 Å². The zero-order valence-corrected chi connectivity index (χ0v) is 17.1. The minimum atomic E-state index is -3.02. The lowest BCUT2D eigenvalue weighted by molar-refractivity contribution is -0.0494. The molecule has 1 N–H and O–H groups in total. The second-order valence-electron chi connectivity index (χ2n) is 6.88. The van der Waals surface area contributed by atoms with E-state index in [0.717, 1.165) is 11.1 Å². The summed E-state index contributed by atoms with van der Waals surface area (Å²) in [6.45, 7) is 4.37. The van der Waals surface area contributed by atoms with Gasteiger partial charge in [-0.15, -0.1) is 0 Å². The number of carbonyl (C=O) groups is 1. The van der Waals surface area contributed by atoms with Crippen LogP contribution in [0.15, 0.2) is 40.9 Å². The van der Waals surface area contributed by atoms with Crippen molar-refractivity contribution >= 4 is 11.6 Å². The molecule has 158 valence electrons. The molecule has 0 aliphatic rings. The molecule has 2 aromatic carbocycles. The van der Waals surface area contributed by atoms with Crippen molar-refractivity contribution in [1.82, 2.24) is 5.16 Å². The number of ether oxygens (including phenoxy) is 2. The normalized spacial score (nSPS) is 10.9. The third kappa shape index (κ3) is 4.76. The van der Waals surface area contributed by atoms with E-state index in [1.807, 2.05) is 32.0 Å². The van der Waals surface area contributed by atoms with Crippen LogP contribution in [0, 0.1) is 27.7 Å². The van der Waals surface area contributed by atoms with Crippen LogP contribution < -0.4 is 14.8 Å². The molecule has 0 saturated heterocycles. The maximum atomic E-state index is 12.8. The lowest BCUT2D eigenvalue weighted by Gasteiger charge is -2.13. The first-order chi connectivity index (χ1) is 14.3. The van der Waals surface area contributed by atoms with Crippen molar-refractivity contribution in [2.75, 3.05) is 5.32 Å². The Balaban J connectivity index is 1.81. The predicted octanol–water partition coefficient (Wildman–Crippen LogP) is 5.34. The summed E-state index contributed by atoms with van der Waals surface area (Å²) in [5, 5.41) is 6.37. The van der Waals surface area contributed by atoms with E-state index < -0.39 is 12.5 Å². The van der Waals surface area contributed by atoms with Crippen LogP contribution in [0.25, 0.3) is 0 Å². The number of aromatic nitrogens is 1. The number of nitrogens with zero attached hydrogens (tertiary/aromatic N) is 1. The van der Waals surface area contributed by atoms with Crippen molar-refractivity contribution in [1.29, 1.82) is 0 Å². The molecule has 6 nitrogen and oxygen atoms in total. The van der Waals surface area contributed by atoms with Gasteiger partial charge in [0.15, 0.2) is 5.69 Å². The summed E-state index contributed by atoms with van der Waals surface area (Å²) in [7, 11) is 0. The van der Waals surface area contributed by atoms with Gasteiger partial charge >= 0.3 is 6.61 Å². The Morgan fingerprint density at radius 1 is 1.13 bits per heavy atom. The lowest BCUT2D eigenvalue weighted by Crippen LogP contribution is -2.17. The zero-order valence-electron chi connectivity index (χ0n) is 17.1. The SMILES string of the molecule is Cc1ccc(NC(=O)c2noc(C)c2COc2cccc(C)c2C)c(OC(F)F)c1. The molecule has 3 rings (SSSR count). The molecule has 0 atom stereocenters. The largest absolute Gasteiger partial charge is 0.488 e. The smallest absolute Gasteiger partial charge is 0.387 e. The molecule has 0 bridgehead atoms. The van der Waals surface area contributed by atoms with Gasteiger partial charge in [-0.3, -0.25) is 4.79 Å². The first-order valence-corrected chi connectivity index (χ1v) is 9.27. The molecule has 0 radical (unpaired) electrons. The fourth-order valence-corrected chi connectivity index (χ4v) is 2.88. The molecular weight excluding hydrogens is 394 g/mol. The number of benzene rings is 2. The summed E-state index contributed by atoms with van der Waals surface area (Å²) in [6.07, 6.45) is 0. The number of aryl methyl sites for hydroxylation is 3. The number of nitrogens with one attached hydrogen (secondary N) is 1. The first-order valence-electron chi connectivity index (χ1n) is 9.27. The second kappa shape index (κ2) is 8.94. The van der Waals surface area contributed by atoms with Crippen LogP contribution in [-0.2, 0) is 6.61 Å². The molecular formula is C22H22F2N2O4. The molecule has 0 aliphatic carbocycles. The first kappa shape index (κ1) is 21.3. The van der Waals surface area contributed by atoms with Crippen LogP contribution in [0.5, 0.6) is 11.5 Å². The molecule has 0 fully saturated rings. The summed E-state index contributed by atoms with van der Waals surface area (Å²) >= 11 is 0. The Hall–Kier alpha value is -3.42. The summed E-state index contributed by atoms with van der Waals surface area (Å²) in [4.78, 5) is 12.8. The lowest BCUT2D eigenvalue weighted by atomic mass is 10.1. The number of anilines is 1. The highest BCUT2D eigenvalue weighted by molar-refractivity contribution is 6.04. The van der Waals surface area contributed by atoms with Gasteiger partial charge in [0.1, 0.15) is 23.9 Å². The molecule has 3 aromatic rings. The highest BCUT2D eigenvalue weighted by Crippen LogP contribution is 2.29. The summed E-state index contributed by atoms with van der Waals surface area (Å²) < 4.78 is 41.0. The Morgan fingerprint density at radius 3 is 2.63 bits per heavy atom. The highest BCUT2D eigenvalue weighted by atomic mass is 19.3. The second-order valence-corrected chi connectivity index (χ2v) is 6.88. The minimum Gasteiger partial charge on any atom is -0.488 e. The van der Waals surface area contributed by atoms with Crippen LogP contribution in [0.2, 0.25) is 0 Å². The van der Waals surface area contributed by atoms with Gasteiger partial charge in [-0.2, -0.15) is 8.78 Å². The maximum absolute atomic E-state index is 12.8. The molecule has 0 unspecified atom stereocenters. The molecule has 1 heterocycles. The van der Waals surface area contributed by atoms with Crippen molar-refractivity contribution in [3.63, 3.8) is 0 Å². The predicted molar refractivity (Wildman–Crippen MR) is 107 cm³/mol. The standard InChI is InChI=1S/C22H22F2N2O4/c1-12-8-9-17(19(10-12)29-22(23)24)25-21(27)20-16(15(4)30-26-20)11-28-18-7-5-6-13(2)14(18)3/h5-10,22H,11H2,1-4H3,(H,25,27). The number of hydrogen-bond acceptors (Lipinski definition) is 5. The number of rotatable bonds is 7. The molecule has 1 aromatic heterocycles. The van der Waals surface area contributed by atoms with E-state index in [1.165, 1.54) is 12.1 Å². The van der Waals surface area contributed by atoms with Gasteiger partial charge in [-0.05, 0) is 62.6 Å². The van der Waals surface area contributed by atoms with Gasteiger partial charge < -0.3 is 19.3 Å². The van der Waals surface area contributed by atoms with Crippen molar-refractivity contribution in [2.45, 2.75) is 40.9 Å². The fraction of sp³-hybridized carbons (Fsp3) is 0.273. The summed E-state index contributed by atoms with van der Waals surface area (Å²) in [6, 6.07) is 10.3. The number of amides is 1. The maximum Gasteiger partial charge on any atom is 0.387 e. The van der Waals surface area contributed by atoms with Gasteiger partial charge in [0, 0.05) is 0 Å². The molecule has 0 spiro atoms. The van der Waals surface area contributed by atoms with E-state index in [1.54, 1.807) is 19.9 Å². The molecule has 30 heavy (non-hydrogen) atoms. The molecule has 8 heteroatoms. The van der Waals surface area contributed by atoms with Gasteiger partial charge in [-0.25, -0.2) is 0 Å². The third-order valence-electron chi connectivity index (χ3n) is 4.73. The zero-order chi connectivity index (χ0) is 21.8. The monoisotopic (exact) mass is 416 g/mol. The Morgan fingerprint density at radius 2 is 1.90 bits per heavy atom. The third-order valence-corrected chi connectivity index (χ3v) is 4.73. The van der Waals surface area contributed by atoms with Crippen LogP contribution in [0.4, 0.5) is 14.5 Å². The number of halogens is 2. The van der Waals surface area contributed by atoms with E-state index >= 15 is 0 Å². The summed E-state index contributed by atoms with van der Waals surface area (Å²) in [5.74, 6) is 0.368. The Kier molecular flexibility index (Phi) is 6.34. The Bertz CT molecular complexity index is 1060. The molecule has 0 aliphatic heterocycles. The topological polar surface area (TPSA) is 73.6 Å². The average Bonchev–Trinajstić information content (AvgIpc) is 3.05. The average molecular weight is 416 g/mol. The van der Waals surface area contributed by atoms with E-state index in [-0.39, 0.29) is 23.7 Å². The van der Waals surface area contributed by atoms with E-state index in [2.05, 4.69) is 15.2 Å². The highest BCUT2D eigenvalue weighted by Gasteiger charge is 2.22. The summed E-state index contributed by atoms with van der Waals surface area (Å²) in [5.41, 5.74) is 3.37. The quantitative estimate of drug-likeness (QED) is 0.563. The van der Waals surface area contributed by atoms with Crippen LogP contribution in [0.3, 0.4) is 0 Å². The fourth-order valence-electron chi connectivity index (χ4n) is 2.88. The van der Waals surface area contributed by atoms with Crippen molar-refractivity contribution in [3.8, 4) is 11.5 Å². The van der Waals surface area contributed by atoms with E-state index in [0.29, 0.717) is 22.6 Å². The van der Waals surface area contributed by atoms with E-state index in [4.69, 9.17) is 9.26 Å². The van der Waals surface area contributed by atoms with Crippen molar-refractivity contribution in [2.24, 2.45) is 0 Å². The number of alkyl halides is 2.